The molecule has 0 aromatic carbocycles. The van der Waals surface area contributed by atoms with Crippen LogP contribution in [0.2, 0.25) is 0 Å². The van der Waals surface area contributed by atoms with Gasteiger partial charge in [-0.3, -0.25) is 9.59 Å². The fourth-order valence-electron chi connectivity index (χ4n) is 1.19. The summed E-state index contributed by atoms with van der Waals surface area (Å²) in [5.74, 6) is -0.119. The van der Waals surface area contributed by atoms with Crippen LogP contribution in [0, 0.1) is 0 Å². The number of allylic oxidation sites excluding steroid dienone is 2. The van der Waals surface area contributed by atoms with Crippen molar-refractivity contribution in [1.29, 1.82) is 0 Å². The van der Waals surface area contributed by atoms with E-state index in [4.69, 9.17) is 0 Å². The zero-order chi connectivity index (χ0) is 9.26. The Morgan fingerprint density at radius 1 is 1.15 bits per heavy atom. The summed E-state index contributed by atoms with van der Waals surface area (Å²) in [4.78, 5) is 22.1. The van der Waals surface area contributed by atoms with Gasteiger partial charge >= 0.3 is 0 Å². The molecule has 0 radical (unpaired) electrons. The average Bonchev–Trinajstić information content (AvgIpc) is 2.30. The number of fused-ring (bicyclic) bond motifs is 1. The van der Waals surface area contributed by atoms with Crippen molar-refractivity contribution in [2.45, 2.75) is 6.42 Å². The number of ketones is 1. The molecule has 1 aliphatic rings. The van der Waals surface area contributed by atoms with E-state index >= 15 is 0 Å². The van der Waals surface area contributed by atoms with Crippen LogP contribution in [0.3, 0.4) is 0 Å². The molecule has 13 heavy (non-hydrogen) atoms. The quantitative estimate of drug-likeness (QED) is 0.561. The lowest BCUT2D eigenvalue weighted by molar-refractivity contribution is 0.104. The summed E-state index contributed by atoms with van der Waals surface area (Å²) in [5, 5.41) is 7.09. The van der Waals surface area contributed by atoms with E-state index in [1.54, 1.807) is 6.08 Å². The van der Waals surface area contributed by atoms with Gasteiger partial charge in [0.05, 0.1) is 5.69 Å². The van der Waals surface area contributed by atoms with Crippen LogP contribution in [-0.2, 0) is 6.42 Å². The molecule has 1 aromatic heterocycles. The van der Waals surface area contributed by atoms with Crippen molar-refractivity contribution in [2.75, 3.05) is 0 Å². The Balaban J connectivity index is 2.70. The van der Waals surface area contributed by atoms with Crippen LogP contribution in [0.25, 0.3) is 0 Å². The van der Waals surface area contributed by atoms with Crippen molar-refractivity contribution in [3.8, 4) is 0 Å². The summed E-state index contributed by atoms with van der Waals surface area (Å²) in [5.41, 5.74) is 0.605. The SMILES string of the molecule is O=C1C=CCc2nnc(=O)ccc21. The van der Waals surface area contributed by atoms with E-state index in [9.17, 15) is 9.59 Å². The number of nitrogens with zero attached hydrogens (tertiary/aromatic N) is 2. The van der Waals surface area contributed by atoms with Crippen molar-refractivity contribution in [3.05, 3.63) is 45.9 Å². The maximum absolute atomic E-state index is 11.3. The minimum absolute atomic E-state index is 0.119. The Morgan fingerprint density at radius 3 is 2.85 bits per heavy atom. The predicted octanol–water partition coefficient (Wildman–Crippen LogP) is 0.132. The largest absolute Gasteiger partial charge is 0.289 e. The van der Waals surface area contributed by atoms with Gasteiger partial charge < -0.3 is 0 Å². The first kappa shape index (κ1) is 7.79. The first-order valence-electron chi connectivity index (χ1n) is 3.85. The van der Waals surface area contributed by atoms with Crippen molar-refractivity contribution in [2.24, 2.45) is 0 Å². The molecule has 2 rings (SSSR count). The van der Waals surface area contributed by atoms with Crippen molar-refractivity contribution in [1.82, 2.24) is 10.2 Å². The Labute approximate surface area is 73.9 Å². The van der Waals surface area contributed by atoms with Gasteiger partial charge in [-0.2, -0.15) is 5.10 Å². The van der Waals surface area contributed by atoms with E-state index in [2.05, 4.69) is 10.2 Å². The van der Waals surface area contributed by atoms with Crippen molar-refractivity contribution >= 4 is 5.78 Å². The molecule has 0 aliphatic heterocycles. The smallest absolute Gasteiger partial charge is 0.288 e. The van der Waals surface area contributed by atoms with Crippen LogP contribution >= 0.6 is 0 Å². The van der Waals surface area contributed by atoms with E-state index in [0.29, 0.717) is 17.7 Å². The second-order valence-electron chi connectivity index (χ2n) is 2.70. The Morgan fingerprint density at radius 2 is 2.00 bits per heavy atom. The van der Waals surface area contributed by atoms with Crippen LogP contribution in [0.15, 0.2) is 29.1 Å². The molecule has 0 saturated heterocycles. The highest BCUT2D eigenvalue weighted by Gasteiger charge is 2.12. The summed E-state index contributed by atoms with van der Waals surface area (Å²) >= 11 is 0. The number of hydrogen-bond acceptors (Lipinski definition) is 4. The molecule has 1 aliphatic carbocycles. The normalized spacial score (nSPS) is 14.0. The number of hydrogen-bond donors (Lipinski definition) is 0. The van der Waals surface area contributed by atoms with Crippen LogP contribution in [-0.4, -0.2) is 16.0 Å². The lowest BCUT2D eigenvalue weighted by Gasteiger charge is -2.02. The predicted molar refractivity (Wildman–Crippen MR) is 45.5 cm³/mol. The van der Waals surface area contributed by atoms with E-state index in [1.807, 2.05) is 0 Å². The van der Waals surface area contributed by atoms with Crippen LogP contribution in [0.5, 0.6) is 0 Å². The highest BCUT2D eigenvalue weighted by Crippen LogP contribution is 2.10. The zero-order valence-corrected chi connectivity index (χ0v) is 6.73. The Bertz CT molecular complexity index is 452. The van der Waals surface area contributed by atoms with E-state index in [1.165, 1.54) is 18.2 Å². The number of rotatable bonds is 0. The minimum Gasteiger partial charge on any atom is -0.289 e. The standard InChI is InChI=1S/C9H6N2O2/c12-8-3-1-2-7-6(8)4-5-9(13)11-10-7/h1,3-5H,2H2. The molecule has 1 heterocycles. The third kappa shape index (κ3) is 1.38. The Kier molecular flexibility index (Phi) is 1.73. The van der Waals surface area contributed by atoms with Gasteiger partial charge in [0.2, 0.25) is 0 Å². The summed E-state index contributed by atoms with van der Waals surface area (Å²) in [6.07, 6.45) is 3.75. The molecule has 64 valence electrons. The highest BCUT2D eigenvalue weighted by molar-refractivity contribution is 6.06. The number of carbonyl (C=O) groups excluding carboxylic acids is 1. The average molecular weight is 174 g/mol. The molecule has 0 fully saturated rings. The van der Waals surface area contributed by atoms with Gasteiger partial charge in [0, 0.05) is 18.1 Å². The van der Waals surface area contributed by atoms with E-state index < -0.39 is 5.56 Å². The van der Waals surface area contributed by atoms with Gasteiger partial charge in [-0.1, -0.05) is 6.08 Å². The van der Waals surface area contributed by atoms with Gasteiger partial charge in [0.1, 0.15) is 0 Å². The number of carbonyl (C=O) groups is 1. The van der Waals surface area contributed by atoms with Gasteiger partial charge in [-0.05, 0) is 12.1 Å². The zero-order valence-electron chi connectivity index (χ0n) is 6.73. The number of aromatic nitrogens is 2. The van der Waals surface area contributed by atoms with Crippen molar-refractivity contribution < 1.29 is 4.79 Å². The lowest BCUT2D eigenvalue weighted by atomic mass is 10.0. The first-order valence-corrected chi connectivity index (χ1v) is 3.85. The second kappa shape index (κ2) is 2.90. The minimum atomic E-state index is -0.429. The van der Waals surface area contributed by atoms with E-state index in [0.717, 1.165) is 0 Å². The van der Waals surface area contributed by atoms with Crippen LogP contribution < -0.4 is 5.56 Å². The van der Waals surface area contributed by atoms with Gasteiger partial charge in [0.25, 0.3) is 5.56 Å². The molecular formula is C9H6N2O2. The molecule has 0 atom stereocenters. The molecule has 4 heteroatoms. The topological polar surface area (TPSA) is 59.9 Å². The lowest BCUT2D eigenvalue weighted by Crippen LogP contribution is -2.06. The molecule has 0 N–H and O–H groups in total. The van der Waals surface area contributed by atoms with Crippen molar-refractivity contribution in [3.63, 3.8) is 0 Å². The molecular weight excluding hydrogens is 168 g/mol. The third-order valence-corrected chi connectivity index (χ3v) is 1.82. The summed E-state index contributed by atoms with van der Waals surface area (Å²) in [6.45, 7) is 0. The first-order chi connectivity index (χ1) is 6.27. The van der Waals surface area contributed by atoms with Gasteiger partial charge in [-0.15, -0.1) is 5.10 Å². The molecule has 0 amide bonds. The molecule has 0 bridgehead atoms. The Hall–Kier alpha value is -1.84. The maximum atomic E-state index is 11.3. The molecule has 0 unspecified atom stereocenters. The molecule has 4 nitrogen and oxygen atoms in total. The fraction of sp³-hybridized carbons (Fsp3) is 0.111. The fourth-order valence-corrected chi connectivity index (χ4v) is 1.19. The molecule has 0 spiro atoms. The van der Waals surface area contributed by atoms with Gasteiger partial charge in [-0.25, -0.2) is 0 Å². The van der Waals surface area contributed by atoms with Crippen LogP contribution in [0.4, 0.5) is 0 Å². The van der Waals surface area contributed by atoms with Gasteiger partial charge in [0.15, 0.2) is 5.78 Å². The molecule has 1 aromatic rings. The van der Waals surface area contributed by atoms with E-state index in [-0.39, 0.29) is 5.78 Å². The second-order valence-corrected chi connectivity index (χ2v) is 2.70. The molecule has 0 saturated carbocycles. The summed E-state index contributed by atoms with van der Waals surface area (Å²) in [7, 11) is 0. The summed E-state index contributed by atoms with van der Waals surface area (Å²) in [6, 6.07) is 2.73. The third-order valence-electron chi connectivity index (χ3n) is 1.82. The van der Waals surface area contributed by atoms with Crippen LogP contribution in [0.1, 0.15) is 16.1 Å². The highest BCUT2D eigenvalue weighted by atomic mass is 16.1. The maximum Gasteiger partial charge on any atom is 0.288 e. The monoisotopic (exact) mass is 174 g/mol. The summed E-state index contributed by atoms with van der Waals surface area (Å²) < 4.78 is 0.